The van der Waals surface area contributed by atoms with E-state index in [2.05, 4.69) is 5.32 Å². The van der Waals surface area contributed by atoms with Crippen LogP contribution in [0.5, 0.6) is 5.75 Å². The first kappa shape index (κ1) is 16.8. The molecule has 2 aromatic carbocycles. The van der Waals surface area contributed by atoms with Crippen molar-refractivity contribution in [1.82, 2.24) is 5.32 Å². The predicted molar refractivity (Wildman–Crippen MR) is 93.1 cm³/mol. The Kier molecular flexibility index (Phi) is 5.38. The minimum atomic E-state index is 0.0584. The summed E-state index contributed by atoms with van der Waals surface area (Å²) in [5, 5.41) is 3.70. The topological polar surface area (TPSA) is 47.6 Å². The fraction of sp³-hybridized carbons (Fsp3) is 0.316. The van der Waals surface area contributed by atoms with Crippen LogP contribution in [0.4, 0.5) is 0 Å². The van der Waals surface area contributed by atoms with Gasteiger partial charge in [-0.3, -0.25) is 4.79 Å². The maximum absolute atomic E-state index is 12.3. The zero-order valence-corrected chi connectivity index (χ0v) is 14.3. The van der Waals surface area contributed by atoms with E-state index in [1.807, 2.05) is 48.5 Å². The first-order valence-corrected chi connectivity index (χ1v) is 8.29. The molecule has 0 heterocycles. The number of benzene rings is 2. The van der Waals surface area contributed by atoms with E-state index in [0.29, 0.717) is 17.5 Å². The number of hydrogen-bond acceptors (Lipinski definition) is 3. The normalized spacial score (nSPS) is 18.9. The van der Waals surface area contributed by atoms with Gasteiger partial charge >= 0.3 is 0 Å². The molecule has 1 saturated carbocycles. The molecule has 1 N–H and O–H groups in total. The standard InChI is InChI=1S/C19H20ClNO3/c1-23-12-24-16-8-4-14(5-9-16)17-10-18(17)19(22)21-11-13-2-6-15(20)7-3-13/h2-9,17-18H,10-12H2,1H3,(H,21,22). The van der Waals surface area contributed by atoms with Crippen molar-refractivity contribution >= 4 is 17.5 Å². The smallest absolute Gasteiger partial charge is 0.224 e. The van der Waals surface area contributed by atoms with Crippen LogP contribution in [-0.4, -0.2) is 19.8 Å². The van der Waals surface area contributed by atoms with Gasteiger partial charge in [-0.05, 0) is 47.7 Å². The summed E-state index contributed by atoms with van der Waals surface area (Å²) in [4.78, 5) is 12.3. The fourth-order valence-corrected chi connectivity index (χ4v) is 2.84. The van der Waals surface area contributed by atoms with Crippen molar-refractivity contribution in [3.8, 4) is 5.75 Å². The van der Waals surface area contributed by atoms with Crippen molar-refractivity contribution < 1.29 is 14.3 Å². The van der Waals surface area contributed by atoms with Crippen LogP contribution >= 0.6 is 11.6 Å². The lowest BCUT2D eigenvalue weighted by molar-refractivity contribution is -0.122. The number of rotatable bonds is 7. The molecule has 1 fully saturated rings. The van der Waals surface area contributed by atoms with E-state index in [4.69, 9.17) is 21.1 Å². The molecule has 4 nitrogen and oxygen atoms in total. The first-order chi connectivity index (χ1) is 11.7. The average Bonchev–Trinajstić information content (AvgIpc) is 3.40. The van der Waals surface area contributed by atoms with Gasteiger partial charge in [0.05, 0.1) is 0 Å². The molecule has 0 spiro atoms. The Bertz CT molecular complexity index is 685. The number of hydrogen-bond donors (Lipinski definition) is 1. The second kappa shape index (κ2) is 7.69. The van der Waals surface area contributed by atoms with Crippen LogP contribution in [0.3, 0.4) is 0 Å². The third-order valence-corrected chi connectivity index (χ3v) is 4.41. The van der Waals surface area contributed by atoms with Crippen molar-refractivity contribution in [2.24, 2.45) is 5.92 Å². The fourth-order valence-electron chi connectivity index (χ4n) is 2.71. The molecule has 2 unspecified atom stereocenters. The molecule has 24 heavy (non-hydrogen) atoms. The van der Waals surface area contributed by atoms with Crippen molar-refractivity contribution in [1.29, 1.82) is 0 Å². The van der Waals surface area contributed by atoms with Gasteiger partial charge in [-0.25, -0.2) is 0 Å². The summed E-state index contributed by atoms with van der Waals surface area (Å²) in [7, 11) is 1.59. The van der Waals surface area contributed by atoms with E-state index in [1.165, 1.54) is 5.56 Å². The quantitative estimate of drug-likeness (QED) is 0.777. The average molecular weight is 346 g/mol. The second-order valence-corrected chi connectivity index (χ2v) is 6.35. The summed E-state index contributed by atoms with van der Waals surface area (Å²) in [6.07, 6.45) is 0.894. The van der Waals surface area contributed by atoms with E-state index in [0.717, 1.165) is 17.7 Å². The van der Waals surface area contributed by atoms with Crippen molar-refractivity contribution in [3.05, 3.63) is 64.7 Å². The molecule has 5 heteroatoms. The zero-order valence-electron chi connectivity index (χ0n) is 13.5. The molecule has 0 saturated heterocycles. The number of carbonyl (C=O) groups is 1. The van der Waals surface area contributed by atoms with Gasteiger partial charge in [0.25, 0.3) is 0 Å². The van der Waals surface area contributed by atoms with Gasteiger partial charge in [-0.15, -0.1) is 0 Å². The van der Waals surface area contributed by atoms with Gasteiger partial charge in [-0.2, -0.15) is 0 Å². The molecule has 2 atom stereocenters. The van der Waals surface area contributed by atoms with Crippen LogP contribution in [0.2, 0.25) is 5.02 Å². The number of halogens is 1. The molecule has 3 rings (SSSR count). The van der Waals surface area contributed by atoms with Crippen molar-refractivity contribution in [2.75, 3.05) is 13.9 Å². The minimum Gasteiger partial charge on any atom is -0.468 e. The molecule has 0 aliphatic heterocycles. The number of nitrogens with one attached hydrogen (secondary N) is 1. The minimum absolute atomic E-state index is 0.0584. The van der Waals surface area contributed by atoms with Gasteiger partial charge in [-0.1, -0.05) is 35.9 Å². The summed E-state index contributed by atoms with van der Waals surface area (Å²) < 4.78 is 10.2. The molecule has 0 bridgehead atoms. The highest BCUT2D eigenvalue weighted by atomic mass is 35.5. The molecule has 1 aliphatic rings. The molecule has 0 aromatic heterocycles. The molecule has 2 aromatic rings. The molecular formula is C19H20ClNO3. The lowest BCUT2D eigenvalue weighted by Crippen LogP contribution is -2.24. The van der Waals surface area contributed by atoms with Crippen LogP contribution in [-0.2, 0) is 16.1 Å². The Morgan fingerprint density at radius 1 is 1.17 bits per heavy atom. The van der Waals surface area contributed by atoms with E-state index in [1.54, 1.807) is 7.11 Å². The molecule has 1 aliphatic carbocycles. The molecular weight excluding hydrogens is 326 g/mol. The van der Waals surface area contributed by atoms with Crippen molar-refractivity contribution in [3.63, 3.8) is 0 Å². The first-order valence-electron chi connectivity index (χ1n) is 7.91. The Hall–Kier alpha value is -2.04. The Balaban J connectivity index is 1.49. The molecule has 0 radical (unpaired) electrons. The Morgan fingerprint density at radius 3 is 2.54 bits per heavy atom. The maximum atomic E-state index is 12.3. The summed E-state index contributed by atoms with van der Waals surface area (Å²) in [6.45, 7) is 0.765. The van der Waals surface area contributed by atoms with Crippen molar-refractivity contribution in [2.45, 2.75) is 18.9 Å². The van der Waals surface area contributed by atoms with Crippen LogP contribution in [0.15, 0.2) is 48.5 Å². The summed E-state index contributed by atoms with van der Waals surface area (Å²) in [6, 6.07) is 15.4. The zero-order chi connectivity index (χ0) is 16.9. The monoisotopic (exact) mass is 345 g/mol. The lowest BCUT2D eigenvalue weighted by atomic mass is 10.1. The highest BCUT2D eigenvalue weighted by Gasteiger charge is 2.43. The Labute approximate surface area is 146 Å². The third-order valence-electron chi connectivity index (χ3n) is 4.16. The summed E-state index contributed by atoms with van der Waals surface area (Å²) in [5.74, 6) is 1.23. The van der Waals surface area contributed by atoms with Crippen LogP contribution < -0.4 is 10.1 Å². The maximum Gasteiger partial charge on any atom is 0.224 e. The van der Waals surface area contributed by atoms with E-state index in [9.17, 15) is 4.79 Å². The SMILES string of the molecule is COCOc1ccc(C2CC2C(=O)NCc2ccc(Cl)cc2)cc1. The summed E-state index contributed by atoms with van der Waals surface area (Å²) in [5.41, 5.74) is 2.22. The Morgan fingerprint density at radius 2 is 1.88 bits per heavy atom. The van der Waals surface area contributed by atoms with E-state index >= 15 is 0 Å². The number of ether oxygens (including phenoxy) is 2. The largest absolute Gasteiger partial charge is 0.468 e. The third kappa shape index (κ3) is 4.28. The van der Waals surface area contributed by atoms with Crippen LogP contribution in [0.1, 0.15) is 23.5 Å². The summed E-state index contributed by atoms with van der Waals surface area (Å²) >= 11 is 5.86. The van der Waals surface area contributed by atoms with Crippen LogP contribution in [0, 0.1) is 5.92 Å². The van der Waals surface area contributed by atoms with E-state index < -0.39 is 0 Å². The predicted octanol–water partition coefficient (Wildman–Crippen LogP) is 3.74. The van der Waals surface area contributed by atoms with Crippen LogP contribution in [0.25, 0.3) is 0 Å². The molecule has 126 valence electrons. The lowest BCUT2D eigenvalue weighted by Gasteiger charge is -2.07. The highest BCUT2D eigenvalue weighted by molar-refractivity contribution is 6.30. The second-order valence-electron chi connectivity index (χ2n) is 5.91. The number of amides is 1. The van der Waals surface area contributed by atoms with Gasteiger partial charge in [0.1, 0.15) is 5.75 Å². The number of carbonyl (C=O) groups excluding carboxylic acids is 1. The van der Waals surface area contributed by atoms with Gasteiger partial charge in [0.15, 0.2) is 6.79 Å². The van der Waals surface area contributed by atoms with Gasteiger partial charge in [0.2, 0.25) is 5.91 Å². The van der Waals surface area contributed by atoms with Gasteiger partial charge < -0.3 is 14.8 Å². The van der Waals surface area contributed by atoms with E-state index in [-0.39, 0.29) is 18.6 Å². The highest BCUT2D eigenvalue weighted by Crippen LogP contribution is 2.47. The molecule has 1 amide bonds. The number of methoxy groups -OCH3 is 1. The van der Waals surface area contributed by atoms with Gasteiger partial charge in [0, 0.05) is 24.6 Å².